The minimum Gasteiger partial charge on any atom is -0.376 e. The van der Waals surface area contributed by atoms with Gasteiger partial charge in [0.2, 0.25) is 0 Å². The number of aliphatic hydroxyl groups is 1. The number of rotatable bonds is 5. The predicted molar refractivity (Wildman–Crippen MR) is 145 cm³/mol. The minimum absolute atomic E-state index is 0.733. The van der Waals surface area contributed by atoms with E-state index in [1.165, 1.54) is 0 Å². The van der Waals surface area contributed by atoms with Gasteiger partial charge in [0, 0.05) is 11.1 Å². The van der Waals surface area contributed by atoms with Crippen molar-refractivity contribution in [2.45, 2.75) is 5.60 Å². The summed E-state index contributed by atoms with van der Waals surface area (Å²) in [5.74, 6) is 0. The summed E-state index contributed by atoms with van der Waals surface area (Å²) in [6.45, 7) is 0. The van der Waals surface area contributed by atoms with Crippen LogP contribution in [0.3, 0.4) is 0 Å². The highest BCUT2D eigenvalue weighted by molar-refractivity contribution is 5.86. The second-order valence-corrected chi connectivity index (χ2v) is 8.80. The fourth-order valence-electron chi connectivity index (χ4n) is 4.73. The molecule has 0 aliphatic heterocycles. The van der Waals surface area contributed by atoms with Crippen molar-refractivity contribution in [3.63, 3.8) is 0 Å². The quantitative estimate of drug-likeness (QED) is 0.273. The van der Waals surface area contributed by atoms with Crippen molar-refractivity contribution in [2.75, 3.05) is 0 Å². The fourth-order valence-corrected chi connectivity index (χ4v) is 4.73. The Hall–Kier alpha value is -4.60. The lowest BCUT2D eigenvalue weighted by molar-refractivity contribution is 0.126. The van der Waals surface area contributed by atoms with E-state index in [9.17, 15) is 5.11 Å². The predicted octanol–water partition coefficient (Wildman–Crippen LogP) is 7.25. The van der Waals surface area contributed by atoms with Crippen molar-refractivity contribution in [2.24, 2.45) is 0 Å². The van der Waals surface area contributed by atoms with Crippen molar-refractivity contribution in [3.05, 3.63) is 156 Å². The zero-order valence-corrected chi connectivity index (χ0v) is 19.6. The molecule has 6 aromatic rings. The Morgan fingerprint density at radius 3 is 1.31 bits per heavy atom. The molecule has 0 spiro atoms. The van der Waals surface area contributed by atoms with Gasteiger partial charge in [-0.1, -0.05) is 127 Å². The van der Waals surface area contributed by atoms with Gasteiger partial charge in [0.25, 0.3) is 0 Å². The van der Waals surface area contributed by atoms with Gasteiger partial charge in [0.05, 0.1) is 22.4 Å². The van der Waals surface area contributed by atoms with Crippen LogP contribution in [0.2, 0.25) is 0 Å². The van der Waals surface area contributed by atoms with Gasteiger partial charge in [0.1, 0.15) is 5.60 Å². The highest BCUT2D eigenvalue weighted by atomic mass is 16.3. The summed E-state index contributed by atoms with van der Waals surface area (Å²) in [5.41, 5.74) is 6.18. The third-order valence-corrected chi connectivity index (χ3v) is 6.56. The van der Waals surface area contributed by atoms with E-state index in [-0.39, 0.29) is 0 Å². The summed E-state index contributed by atoms with van der Waals surface area (Å²) in [6, 6.07) is 45.7. The maximum Gasteiger partial charge on any atom is 0.140 e. The van der Waals surface area contributed by atoms with Crippen molar-refractivity contribution in [1.29, 1.82) is 0 Å². The van der Waals surface area contributed by atoms with Crippen LogP contribution in [0, 0.1) is 0 Å². The first-order chi connectivity index (χ1) is 17.7. The minimum atomic E-state index is -1.33. The van der Waals surface area contributed by atoms with Gasteiger partial charge in [-0.2, -0.15) is 0 Å². The lowest BCUT2D eigenvalue weighted by atomic mass is 9.80. The van der Waals surface area contributed by atoms with Crippen molar-refractivity contribution in [1.82, 2.24) is 9.97 Å². The number of benzene rings is 5. The molecule has 0 aliphatic carbocycles. The largest absolute Gasteiger partial charge is 0.376 e. The average Bonchev–Trinajstić information content (AvgIpc) is 2.97. The summed E-state index contributed by atoms with van der Waals surface area (Å²) < 4.78 is 0. The van der Waals surface area contributed by atoms with Crippen molar-refractivity contribution in [3.8, 4) is 22.5 Å². The molecule has 0 fully saturated rings. The number of fused-ring (bicyclic) bond motifs is 1. The second kappa shape index (κ2) is 9.21. The molecular weight excluding hydrogens is 440 g/mol. The maximum absolute atomic E-state index is 12.3. The van der Waals surface area contributed by atoms with E-state index >= 15 is 0 Å². The highest BCUT2D eigenvalue weighted by Crippen LogP contribution is 2.38. The third kappa shape index (κ3) is 3.86. The molecular formula is C33H24N2O. The maximum atomic E-state index is 12.3. The number of nitrogens with zero attached hydrogens (tertiary/aromatic N) is 2. The molecule has 1 aromatic heterocycles. The molecule has 6 rings (SSSR count). The van der Waals surface area contributed by atoms with E-state index in [2.05, 4.69) is 24.3 Å². The number of hydrogen-bond donors (Lipinski definition) is 1. The van der Waals surface area contributed by atoms with Crippen LogP contribution in [-0.2, 0) is 5.60 Å². The van der Waals surface area contributed by atoms with Crippen LogP contribution in [0.15, 0.2) is 140 Å². The van der Waals surface area contributed by atoms with Crippen molar-refractivity contribution < 1.29 is 5.11 Å². The number of hydrogen-bond acceptors (Lipinski definition) is 3. The van der Waals surface area contributed by atoms with Gasteiger partial charge >= 0.3 is 0 Å². The van der Waals surface area contributed by atoms with Gasteiger partial charge in [-0.25, -0.2) is 9.97 Å². The first kappa shape index (κ1) is 21.9. The van der Waals surface area contributed by atoms with Gasteiger partial charge in [0.15, 0.2) is 0 Å². The van der Waals surface area contributed by atoms with E-state index in [4.69, 9.17) is 9.97 Å². The molecule has 0 aliphatic rings. The molecule has 1 heterocycles. The van der Waals surface area contributed by atoms with E-state index in [1.807, 2.05) is 115 Å². The van der Waals surface area contributed by atoms with Gasteiger partial charge in [-0.05, 0) is 28.8 Å². The molecule has 0 saturated carbocycles. The fraction of sp³-hybridized carbons (Fsp3) is 0.0303. The molecule has 5 aromatic carbocycles. The summed E-state index contributed by atoms with van der Waals surface area (Å²) >= 11 is 0. The topological polar surface area (TPSA) is 46.0 Å². The zero-order chi connectivity index (χ0) is 24.4. The normalized spacial score (nSPS) is 11.5. The first-order valence-corrected chi connectivity index (χ1v) is 12.0. The molecule has 3 heteroatoms. The molecule has 0 atom stereocenters. The van der Waals surface area contributed by atoms with Crippen molar-refractivity contribution >= 4 is 11.0 Å². The third-order valence-electron chi connectivity index (χ3n) is 6.56. The number of aromatic nitrogens is 2. The Labute approximate surface area is 210 Å². The van der Waals surface area contributed by atoms with Gasteiger partial charge in [-0.15, -0.1) is 0 Å². The second-order valence-electron chi connectivity index (χ2n) is 8.80. The average molecular weight is 465 g/mol. The SMILES string of the molecule is OC(c1ccccc1)(c1ccccc1)c1ccc2nc(-c3ccccc3)c(-c3ccccc3)nc2c1. The molecule has 36 heavy (non-hydrogen) atoms. The van der Waals surface area contributed by atoms with Crippen LogP contribution in [0.1, 0.15) is 16.7 Å². The van der Waals surface area contributed by atoms with E-state index < -0.39 is 5.60 Å². The molecule has 0 radical (unpaired) electrons. The summed E-state index contributed by atoms with van der Waals surface area (Å²) in [6.07, 6.45) is 0. The van der Waals surface area contributed by atoms with Gasteiger partial charge in [-0.3, -0.25) is 0 Å². The Morgan fingerprint density at radius 1 is 0.417 bits per heavy atom. The van der Waals surface area contributed by atoms with Crippen LogP contribution in [0.4, 0.5) is 0 Å². The zero-order valence-electron chi connectivity index (χ0n) is 19.6. The standard InChI is InChI=1S/C33H24N2O/c36-33(26-17-9-3-10-18-26,27-19-11-4-12-20-27)28-21-22-29-30(23-28)35-32(25-15-7-2-8-16-25)31(34-29)24-13-5-1-6-14-24/h1-23,36H. The highest BCUT2D eigenvalue weighted by Gasteiger charge is 2.34. The first-order valence-electron chi connectivity index (χ1n) is 12.0. The molecule has 0 saturated heterocycles. The lowest BCUT2D eigenvalue weighted by Gasteiger charge is -2.30. The molecule has 172 valence electrons. The Morgan fingerprint density at radius 2 is 0.833 bits per heavy atom. The van der Waals surface area contributed by atoms with Crippen LogP contribution in [0.5, 0.6) is 0 Å². The van der Waals surface area contributed by atoms with Crippen LogP contribution < -0.4 is 0 Å². The van der Waals surface area contributed by atoms with Crippen LogP contribution in [0.25, 0.3) is 33.5 Å². The van der Waals surface area contributed by atoms with E-state index in [1.54, 1.807) is 0 Å². The van der Waals surface area contributed by atoms with Crippen LogP contribution >= 0.6 is 0 Å². The smallest absolute Gasteiger partial charge is 0.140 e. The molecule has 0 bridgehead atoms. The Kier molecular flexibility index (Phi) is 5.61. The Balaban J connectivity index is 1.59. The molecule has 1 N–H and O–H groups in total. The summed E-state index contributed by atoms with van der Waals surface area (Å²) in [5, 5.41) is 12.3. The molecule has 0 amide bonds. The lowest BCUT2D eigenvalue weighted by Crippen LogP contribution is -2.28. The monoisotopic (exact) mass is 464 g/mol. The Bertz CT molecular complexity index is 1580. The van der Waals surface area contributed by atoms with Gasteiger partial charge < -0.3 is 5.11 Å². The summed E-state index contributed by atoms with van der Waals surface area (Å²) in [7, 11) is 0. The van der Waals surface area contributed by atoms with E-state index in [0.29, 0.717) is 0 Å². The van der Waals surface area contributed by atoms with E-state index in [0.717, 1.165) is 50.2 Å². The molecule has 0 unspecified atom stereocenters. The summed E-state index contributed by atoms with van der Waals surface area (Å²) in [4.78, 5) is 10.2. The van der Waals surface area contributed by atoms with Crippen LogP contribution in [-0.4, -0.2) is 15.1 Å². The molecule has 3 nitrogen and oxygen atoms in total.